The maximum absolute atomic E-state index is 12.7. The lowest BCUT2D eigenvalue weighted by Crippen LogP contribution is -2.59. The van der Waals surface area contributed by atoms with Crippen LogP contribution < -0.4 is 10.1 Å². The van der Waals surface area contributed by atoms with Crippen molar-refractivity contribution in [2.45, 2.75) is 71.1 Å². The SMILES string of the molecule is C[C@]12CC3CC(OCCNC(=O)Cn4ncc5c4-c4ccccc4OC5)(C1)C[C@](C)(C3)C2. The summed E-state index contributed by atoms with van der Waals surface area (Å²) in [5, 5.41) is 7.50. The third-order valence-electron chi connectivity index (χ3n) is 8.14. The van der Waals surface area contributed by atoms with Crippen LogP contribution >= 0.6 is 0 Å². The number of amides is 1. The van der Waals surface area contributed by atoms with Crippen LogP contribution in [0.5, 0.6) is 5.75 Å². The average Bonchev–Trinajstić information content (AvgIpc) is 3.12. The van der Waals surface area contributed by atoms with E-state index in [4.69, 9.17) is 9.47 Å². The lowest BCUT2D eigenvalue weighted by Gasteiger charge is -2.65. The number of aromatic nitrogens is 2. The standard InChI is InChI=1S/C26H33N3O3/c1-24-9-18-10-25(2,15-24)17-26(11-18,16-24)32-8-7-27-22(30)13-29-23-19(12-28-29)14-31-21-6-4-3-5-20(21)23/h3-6,12,18H,7-11,13-17H2,1-2H3,(H,27,30)/t18?,24-,25-,26?/m1/s1. The molecule has 1 N–H and O–H groups in total. The Morgan fingerprint density at radius 3 is 2.75 bits per heavy atom. The summed E-state index contributed by atoms with van der Waals surface area (Å²) in [4.78, 5) is 12.7. The molecule has 1 amide bonds. The Kier molecular flexibility index (Phi) is 4.49. The fraction of sp³-hybridized carbons (Fsp3) is 0.615. The van der Waals surface area contributed by atoms with Crippen molar-refractivity contribution in [1.82, 2.24) is 15.1 Å². The summed E-state index contributed by atoms with van der Waals surface area (Å²) in [6, 6.07) is 7.92. The fourth-order valence-corrected chi connectivity index (χ4v) is 8.06. The van der Waals surface area contributed by atoms with Gasteiger partial charge in [-0.15, -0.1) is 0 Å². The van der Waals surface area contributed by atoms with Crippen LogP contribution in [0.25, 0.3) is 11.3 Å². The number of hydrogen-bond acceptors (Lipinski definition) is 4. The molecular formula is C26H33N3O3. The van der Waals surface area contributed by atoms with E-state index in [2.05, 4.69) is 24.3 Å². The molecule has 1 aromatic heterocycles. The van der Waals surface area contributed by atoms with Crippen molar-refractivity contribution in [3.63, 3.8) is 0 Å². The van der Waals surface area contributed by atoms with Crippen molar-refractivity contribution >= 4 is 5.91 Å². The Morgan fingerprint density at radius 2 is 1.97 bits per heavy atom. The van der Waals surface area contributed by atoms with Gasteiger partial charge >= 0.3 is 0 Å². The molecule has 6 heteroatoms. The molecule has 4 aliphatic carbocycles. The van der Waals surface area contributed by atoms with E-state index in [0.29, 0.717) is 30.6 Å². The molecule has 7 rings (SSSR count). The van der Waals surface area contributed by atoms with Crippen LogP contribution in [0.3, 0.4) is 0 Å². The zero-order chi connectivity index (χ0) is 22.0. The molecule has 32 heavy (non-hydrogen) atoms. The minimum atomic E-state index is -0.0343. The Labute approximate surface area is 189 Å². The number of ether oxygens (including phenoxy) is 2. The first-order valence-corrected chi connectivity index (χ1v) is 12.0. The van der Waals surface area contributed by atoms with Gasteiger partial charge in [0.1, 0.15) is 18.9 Å². The van der Waals surface area contributed by atoms with E-state index in [1.807, 2.05) is 24.3 Å². The van der Waals surface area contributed by atoms with Gasteiger partial charge in [0.15, 0.2) is 0 Å². The van der Waals surface area contributed by atoms with E-state index in [9.17, 15) is 4.79 Å². The largest absolute Gasteiger partial charge is 0.488 e. The van der Waals surface area contributed by atoms with Gasteiger partial charge in [0.05, 0.1) is 24.1 Å². The van der Waals surface area contributed by atoms with E-state index in [1.165, 1.54) is 38.5 Å². The van der Waals surface area contributed by atoms with Crippen molar-refractivity contribution < 1.29 is 14.3 Å². The highest BCUT2D eigenvalue weighted by atomic mass is 16.5. The van der Waals surface area contributed by atoms with Gasteiger partial charge in [-0.05, 0) is 67.4 Å². The summed E-state index contributed by atoms with van der Waals surface area (Å²) < 4.78 is 14.1. The topological polar surface area (TPSA) is 65.4 Å². The number of nitrogens with zero attached hydrogens (tertiary/aromatic N) is 2. The number of benzene rings is 1. The number of para-hydroxylation sites is 1. The molecular weight excluding hydrogens is 402 g/mol. The zero-order valence-corrected chi connectivity index (χ0v) is 19.2. The Morgan fingerprint density at radius 1 is 1.19 bits per heavy atom. The summed E-state index contributed by atoms with van der Waals surface area (Å²) >= 11 is 0. The van der Waals surface area contributed by atoms with E-state index in [1.54, 1.807) is 10.9 Å². The normalized spacial score (nSPS) is 34.0. The van der Waals surface area contributed by atoms with Crippen molar-refractivity contribution in [2.24, 2.45) is 16.7 Å². The Bertz CT molecular complexity index is 1040. The van der Waals surface area contributed by atoms with Crippen LogP contribution in [0.2, 0.25) is 0 Å². The first-order valence-electron chi connectivity index (χ1n) is 12.0. The number of nitrogens with one attached hydrogen (secondary N) is 1. The predicted octanol–water partition coefficient (Wildman–Crippen LogP) is 4.32. The van der Waals surface area contributed by atoms with Crippen molar-refractivity contribution in [3.8, 4) is 17.0 Å². The smallest absolute Gasteiger partial charge is 0.241 e. The van der Waals surface area contributed by atoms with Crippen LogP contribution in [-0.2, 0) is 22.7 Å². The second kappa shape index (κ2) is 7.08. The van der Waals surface area contributed by atoms with E-state index in [-0.39, 0.29) is 18.1 Å². The van der Waals surface area contributed by atoms with Crippen LogP contribution in [0.1, 0.15) is 57.9 Å². The van der Waals surface area contributed by atoms with Crippen LogP contribution in [0.4, 0.5) is 0 Å². The maximum Gasteiger partial charge on any atom is 0.241 e. The predicted molar refractivity (Wildman–Crippen MR) is 121 cm³/mol. The molecule has 4 fully saturated rings. The molecule has 170 valence electrons. The minimum Gasteiger partial charge on any atom is -0.488 e. The fourth-order valence-electron chi connectivity index (χ4n) is 8.06. The van der Waals surface area contributed by atoms with Crippen LogP contribution in [0, 0.1) is 16.7 Å². The highest BCUT2D eigenvalue weighted by Gasteiger charge is 2.60. The molecule has 1 aromatic carbocycles. The van der Waals surface area contributed by atoms with Gasteiger partial charge in [-0.2, -0.15) is 5.10 Å². The second-order valence-electron chi connectivity index (χ2n) is 11.5. The van der Waals surface area contributed by atoms with Gasteiger partial charge in [-0.1, -0.05) is 26.0 Å². The van der Waals surface area contributed by atoms with Gasteiger partial charge in [0.25, 0.3) is 0 Å². The molecule has 0 spiro atoms. The lowest BCUT2D eigenvalue weighted by molar-refractivity contribution is -0.213. The minimum absolute atomic E-state index is 0.0262. The van der Waals surface area contributed by atoms with Crippen molar-refractivity contribution in [3.05, 3.63) is 36.0 Å². The van der Waals surface area contributed by atoms with Crippen molar-refractivity contribution in [1.29, 1.82) is 0 Å². The highest BCUT2D eigenvalue weighted by molar-refractivity contribution is 5.78. The van der Waals surface area contributed by atoms with Crippen molar-refractivity contribution in [2.75, 3.05) is 13.2 Å². The number of hydrogen-bond donors (Lipinski definition) is 1. The number of fused-ring (bicyclic) bond motifs is 3. The van der Waals surface area contributed by atoms with Gasteiger partial charge in [0, 0.05) is 17.7 Å². The highest BCUT2D eigenvalue weighted by Crippen LogP contribution is 2.67. The monoisotopic (exact) mass is 435 g/mol. The molecule has 1 aliphatic heterocycles. The maximum atomic E-state index is 12.7. The van der Waals surface area contributed by atoms with Gasteiger partial charge < -0.3 is 14.8 Å². The first kappa shape index (κ1) is 20.3. The molecule has 2 atom stereocenters. The molecule has 0 unspecified atom stereocenters. The number of rotatable bonds is 6. The van der Waals surface area contributed by atoms with Crippen LogP contribution in [0.15, 0.2) is 30.5 Å². The third kappa shape index (κ3) is 3.43. The number of carbonyl (C=O) groups is 1. The summed E-state index contributed by atoms with van der Waals surface area (Å²) in [6.07, 6.45) is 9.45. The average molecular weight is 436 g/mol. The Hall–Kier alpha value is -2.34. The molecule has 6 nitrogen and oxygen atoms in total. The molecule has 2 aromatic rings. The Balaban J connectivity index is 1.06. The molecule has 2 heterocycles. The quantitative estimate of drug-likeness (QED) is 0.686. The summed E-state index contributed by atoms with van der Waals surface area (Å²) in [7, 11) is 0. The van der Waals surface area contributed by atoms with E-state index in [0.717, 1.165) is 28.5 Å². The second-order valence-corrected chi connectivity index (χ2v) is 11.5. The molecule has 4 bridgehead atoms. The summed E-state index contributed by atoms with van der Waals surface area (Å²) in [5.74, 6) is 1.62. The van der Waals surface area contributed by atoms with Gasteiger partial charge in [-0.3, -0.25) is 9.48 Å². The van der Waals surface area contributed by atoms with E-state index < -0.39 is 0 Å². The van der Waals surface area contributed by atoms with E-state index >= 15 is 0 Å². The third-order valence-corrected chi connectivity index (χ3v) is 8.14. The zero-order valence-electron chi connectivity index (χ0n) is 19.2. The lowest BCUT2D eigenvalue weighted by atomic mass is 9.43. The summed E-state index contributed by atoms with van der Waals surface area (Å²) in [6.45, 7) is 6.74. The molecule has 4 saturated carbocycles. The summed E-state index contributed by atoms with van der Waals surface area (Å²) in [5.41, 5.74) is 3.90. The first-order chi connectivity index (χ1) is 15.3. The van der Waals surface area contributed by atoms with Gasteiger partial charge in [-0.25, -0.2) is 0 Å². The molecule has 0 radical (unpaired) electrons. The van der Waals surface area contributed by atoms with Gasteiger partial charge in [0.2, 0.25) is 5.91 Å². The van der Waals surface area contributed by atoms with Crippen LogP contribution in [-0.4, -0.2) is 34.4 Å². The molecule has 0 saturated heterocycles. The molecule has 5 aliphatic rings. The number of carbonyl (C=O) groups excluding carboxylic acids is 1.